The molecule has 19 heavy (non-hydrogen) atoms. The van der Waals surface area contributed by atoms with E-state index in [1.165, 1.54) is 6.07 Å². The molecule has 1 aromatic heterocycles. The maximum atomic E-state index is 11.5. The number of carbonyl (C=O) groups is 2. The molecule has 1 aromatic rings. The molecule has 0 aliphatic rings. The Morgan fingerprint density at radius 2 is 2.05 bits per heavy atom. The minimum atomic E-state index is -0.938. The average molecular weight is 266 g/mol. The first-order chi connectivity index (χ1) is 8.99. The molecule has 0 unspecified atom stereocenters. The van der Waals surface area contributed by atoms with Crippen molar-refractivity contribution in [3.8, 4) is 0 Å². The summed E-state index contributed by atoms with van der Waals surface area (Å²) in [5.41, 5.74) is 0.905. The van der Waals surface area contributed by atoms with Gasteiger partial charge in [-0.15, -0.1) is 0 Å². The second-order valence-electron chi connectivity index (χ2n) is 4.34. The summed E-state index contributed by atoms with van der Waals surface area (Å²) < 4.78 is 1.57. The number of rotatable bonds is 7. The van der Waals surface area contributed by atoms with Crippen LogP contribution in [0.2, 0.25) is 0 Å². The van der Waals surface area contributed by atoms with Crippen molar-refractivity contribution in [2.45, 2.75) is 32.7 Å². The molecule has 0 aliphatic carbocycles. The van der Waals surface area contributed by atoms with Crippen LogP contribution in [0.3, 0.4) is 0 Å². The maximum Gasteiger partial charge on any atom is 0.305 e. The van der Waals surface area contributed by atoms with Crippen LogP contribution in [0, 0.1) is 6.92 Å². The molecule has 0 saturated heterocycles. The highest BCUT2D eigenvalue weighted by Gasteiger charge is 2.03. The molecule has 0 fully saturated rings. The Morgan fingerprint density at radius 1 is 1.32 bits per heavy atom. The summed E-state index contributed by atoms with van der Waals surface area (Å²) in [5, 5.41) is 10.9. The molecule has 0 bridgehead atoms. The summed E-state index contributed by atoms with van der Waals surface area (Å²) in [6.45, 7) is 2.51. The van der Waals surface area contributed by atoms with Gasteiger partial charge in [0.25, 0.3) is 5.56 Å². The summed E-state index contributed by atoms with van der Waals surface area (Å²) in [7, 11) is 0. The molecule has 1 rings (SSSR count). The predicted octanol–water partition coefficient (Wildman–Crippen LogP) is 0.528. The maximum absolute atomic E-state index is 11.5. The monoisotopic (exact) mass is 266 g/mol. The fraction of sp³-hybridized carbons (Fsp3) is 0.462. The fourth-order valence-electron chi connectivity index (χ4n) is 1.63. The van der Waals surface area contributed by atoms with E-state index < -0.39 is 5.97 Å². The third-order valence-corrected chi connectivity index (χ3v) is 2.60. The van der Waals surface area contributed by atoms with Crippen LogP contribution in [0.15, 0.2) is 23.1 Å². The largest absolute Gasteiger partial charge is 0.481 e. The number of nitrogens with zero attached hydrogens (tertiary/aromatic N) is 1. The highest BCUT2D eigenvalue weighted by Crippen LogP contribution is 1.96. The first-order valence-electron chi connectivity index (χ1n) is 6.14. The standard InChI is InChI=1S/C13H18N2O4/c1-10-4-5-12(17)15(9-10)8-2-3-11(16)14-7-6-13(18)19/h4-5,9H,2-3,6-8H2,1H3,(H,14,16)(H,18,19). The lowest BCUT2D eigenvalue weighted by Gasteiger charge is -2.06. The van der Waals surface area contributed by atoms with Crippen LogP contribution in [0.4, 0.5) is 0 Å². The van der Waals surface area contributed by atoms with E-state index in [1.807, 2.05) is 6.92 Å². The topological polar surface area (TPSA) is 88.4 Å². The van der Waals surface area contributed by atoms with Crippen LogP contribution in [0.5, 0.6) is 0 Å². The van der Waals surface area contributed by atoms with Gasteiger partial charge in [-0.05, 0) is 18.9 Å². The molecule has 104 valence electrons. The quantitative estimate of drug-likeness (QED) is 0.753. The Morgan fingerprint density at radius 3 is 2.74 bits per heavy atom. The number of nitrogens with one attached hydrogen (secondary N) is 1. The van der Waals surface area contributed by atoms with Gasteiger partial charge in [0.1, 0.15) is 0 Å². The third-order valence-electron chi connectivity index (χ3n) is 2.60. The first kappa shape index (κ1) is 14.9. The summed E-state index contributed by atoms with van der Waals surface area (Å²) in [5.74, 6) is -1.13. The lowest BCUT2D eigenvalue weighted by molar-refractivity contribution is -0.136. The van der Waals surface area contributed by atoms with Gasteiger partial charge < -0.3 is 15.0 Å². The van der Waals surface area contributed by atoms with Crippen molar-refractivity contribution in [1.82, 2.24) is 9.88 Å². The fourth-order valence-corrected chi connectivity index (χ4v) is 1.63. The zero-order valence-electron chi connectivity index (χ0n) is 10.9. The molecule has 0 aromatic carbocycles. The van der Waals surface area contributed by atoms with E-state index in [2.05, 4.69) is 5.32 Å². The second kappa shape index (κ2) is 7.35. The normalized spacial score (nSPS) is 10.2. The molecule has 0 atom stereocenters. The predicted molar refractivity (Wildman–Crippen MR) is 69.9 cm³/mol. The van der Waals surface area contributed by atoms with Crippen LogP contribution in [0.25, 0.3) is 0 Å². The number of carboxylic acid groups (broad SMARTS) is 1. The summed E-state index contributed by atoms with van der Waals surface area (Å²) >= 11 is 0. The van der Waals surface area contributed by atoms with Gasteiger partial charge in [0.15, 0.2) is 0 Å². The lowest BCUT2D eigenvalue weighted by Crippen LogP contribution is -2.26. The van der Waals surface area contributed by atoms with Gasteiger partial charge in [0, 0.05) is 31.8 Å². The van der Waals surface area contributed by atoms with Gasteiger partial charge in [-0.25, -0.2) is 0 Å². The number of pyridine rings is 1. The Labute approximate surface area is 111 Å². The van der Waals surface area contributed by atoms with Crippen molar-refractivity contribution < 1.29 is 14.7 Å². The van der Waals surface area contributed by atoms with Crippen molar-refractivity contribution >= 4 is 11.9 Å². The van der Waals surface area contributed by atoms with Crippen molar-refractivity contribution in [3.05, 3.63) is 34.2 Å². The molecule has 1 amide bonds. The van der Waals surface area contributed by atoms with Crippen LogP contribution in [-0.2, 0) is 16.1 Å². The van der Waals surface area contributed by atoms with Crippen molar-refractivity contribution in [2.24, 2.45) is 0 Å². The molecule has 2 N–H and O–H groups in total. The molecule has 6 nitrogen and oxygen atoms in total. The van der Waals surface area contributed by atoms with Crippen molar-refractivity contribution in [3.63, 3.8) is 0 Å². The minimum absolute atomic E-state index is 0.0803. The highest BCUT2D eigenvalue weighted by molar-refractivity contribution is 5.76. The Hall–Kier alpha value is -2.11. The summed E-state index contributed by atoms with van der Waals surface area (Å²) in [6, 6.07) is 3.25. The van der Waals surface area contributed by atoms with E-state index in [-0.39, 0.29) is 30.9 Å². The van der Waals surface area contributed by atoms with E-state index in [9.17, 15) is 14.4 Å². The van der Waals surface area contributed by atoms with Gasteiger partial charge in [-0.2, -0.15) is 0 Å². The van der Waals surface area contributed by atoms with Crippen molar-refractivity contribution in [1.29, 1.82) is 0 Å². The SMILES string of the molecule is Cc1ccc(=O)n(CCCC(=O)NCCC(=O)O)c1. The zero-order chi connectivity index (χ0) is 14.3. The molecule has 0 saturated carbocycles. The molecule has 6 heteroatoms. The zero-order valence-corrected chi connectivity index (χ0v) is 10.9. The summed E-state index contributed by atoms with van der Waals surface area (Å²) in [4.78, 5) is 33.1. The minimum Gasteiger partial charge on any atom is -0.481 e. The number of aromatic nitrogens is 1. The van der Waals surface area contributed by atoms with Gasteiger partial charge >= 0.3 is 5.97 Å². The molecule has 1 heterocycles. The average Bonchev–Trinajstić information content (AvgIpc) is 2.33. The smallest absolute Gasteiger partial charge is 0.305 e. The number of carboxylic acids is 1. The number of carbonyl (C=O) groups excluding carboxylic acids is 1. The second-order valence-corrected chi connectivity index (χ2v) is 4.34. The Bertz CT molecular complexity index is 508. The number of hydrogen-bond acceptors (Lipinski definition) is 3. The molecule has 0 radical (unpaired) electrons. The molecule has 0 aliphatic heterocycles. The Balaban J connectivity index is 2.30. The van der Waals surface area contributed by atoms with Gasteiger partial charge in [0.05, 0.1) is 6.42 Å². The number of hydrogen-bond donors (Lipinski definition) is 2. The van der Waals surface area contributed by atoms with E-state index in [4.69, 9.17) is 5.11 Å². The number of aryl methyl sites for hydroxylation is 2. The van der Waals surface area contributed by atoms with E-state index in [1.54, 1.807) is 16.8 Å². The van der Waals surface area contributed by atoms with E-state index in [0.29, 0.717) is 13.0 Å². The molecular weight excluding hydrogens is 248 g/mol. The molecular formula is C13H18N2O4. The van der Waals surface area contributed by atoms with Crippen LogP contribution >= 0.6 is 0 Å². The van der Waals surface area contributed by atoms with Gasteiger partial charge in [-0.1, -0.05) is 6.07 Å². The van der Waals surface area contributed by atoms with Gasteiger partial charge in [0.2, 0.25) is 5.91 Å². The highest BCUT2D eigenvalue weighted by atomic mass is 16.4. The van der Waals surface area contributed by atoms with Crippen molar-refractivity contribution in [2.75, 3.05) is 6.54 Å². The Kier molecular flexibility index (Phi) is 5.78. The van der Waals surface area contributed by atoms with Crippen LogP contribution in [0.1, 0.15) is 24.8 Å². The number of amides is 1. The molecule has 0 spiro atoms. The number of aliphatic carboxylic acids is 1. The first-order valence-corrected chi connectivity index (χ1v) is 6.14. The lowest BCUT2D eigenvalue weighted by atomic mass is 10.2. The van der Waals surface area contributed by atoms with E-state index in [0.717, 1.165) is 5.56 Å². The van der Waals surface area contributed by atoms with Gasteiger partial charge in [-0.3, -0.25) is 14.4 Å². The van der Waals surface area contributed by atoms with Crippen LogP contribution in [-0.4, -0.2) is 28.1 Å². The van der Waals surface area contributed by atoms with E-state index >= 15 is 0 Å². The van der Waals surface area contributed by atoms with Crippen LogP contribution < -0.4 is 10.9 Å². The summed E-state index contributed by atoms with van der Waals surface area (Å²) in [6.07, 6.45) is 2.50. The third kappa shape index (κ3) is 5.85.